The highest BCUT2D eigenvalue weighted by atomic mass is 16.3. The summed E-state index contributed by atoms with van der Waals surface area (Å²) in [6.45, 7) is 26.7. The Bertz CT molecular complexity index is 2200. The molecular formula is C47H56N4O. The SMILES string of the molecule is CC(C)Cc1cc(-c2ccccn2)cc(-c2ccnc3c2nc(-c2cc(C(C)(C)C)cc(C(C)(C)C)c2O)n3-c2c(C(C)C)cccc2C(C)C)c1. The number of pyridine rings is 2. The molecule has 3 heterocycles. The van der Waals surface area contributed by atoms with Crippen LogP contribution in [0.1, 0.15) is 123 Å². The van der Waals surface area contributed by atoms with Gasteiger partial charge in [0, 0.05) is 29.1 Å². The highest BCUT2D eigenvalue weighted by molar-refractivity contribution is 5.95. The molecule has 0 aliphatic heterocycles. The van der Waals surface area contributed by atoms with Crippen molar-refractivity contribution in [3.63, 3.8) is 0 Å². The monoisotopic (exact) mass is 692 g/mol. The summed E-state index contributed by atoms with van der Waals surface area (Å²) in [7, 11) is 0. The van der Waals surface area contributed by atoms with Crippen LogP contribution in [0, 0.1) is 5.92 Å². The van der Waals surface area contributed by atoms with Gasteiger partial charge in [-0.05, 0) is 99.2 Å². The smallest absolute Gasteiger partial charge is 0.165 e. The minimum Gasteiger partial charge on any atom is -0.507 e. The molecule has 3 aromatic heterocycles. The van der Waals surface area contributed by atoms with Crippen LogP contribution in [-0.4, -0.2) is 24.6 Å². The van der Waals surface area contributed by atoms with Crippen LogP contribution in [0.5, 0.6) is 5.75 Å². The van der Waals surface area contributed by atoms with Gasteiger partial charge in [0.25, 0.3) is 0 Å². The number of phenolic OH excluding ortho intramolecular Hbond substituents is 1. The van der Waals surface area contributed by atoms with E-state index in [4.69, 9.17) is 15.0 Å². The first-order valence-electron chi connectivity index (χ1n) is 18.9. The molecule has 0 aliphatic carbocycles. The number of nitrogens with zero attached hydrogens (tertiary/aromatic N) is 4. The van der Waals surface area contributed by atoms with Gasteiger partial charge in [0.1, 0.15) is 11.3 Å². The number of aromatic hydroxyl groups is 1. The van der Waals surface area contributed by atoms with Crippen LogP contribution in [0.25, 0.3) is 50.6 Å². The Kier molecular flexibility index (Phi) is 9.95. The molecule has 0 atom stereocenters. The topological polar surface area (TPSA) is 63.8 Å². The van der Waals surface area contributed by atoms with E-state index in [0.29, 0.717) is 11.7 Å². The lowest BCUT2D eigenvalue weighted by Gasteiger charge is -2.28. The molecule has 0 radical (unpaired) electrons. The van der Waals surface area contributed by atoms with Crippen molar-refractivity contribution >= 4 is 11.2 Å². The summed E-state index contributed by atoms with van der Waals surface area (Å²) < 4.78 is 2.25. The van der Waals surface area contributed by atoms with Gasteiger partial charge in [-0.1, -0.05) is 119 Å². The Morgan fingerprint density at radius 2 is 1.35 bits per heavy atom. The zero-order valence-corrected chi connectivity index (χ0v) is 33.3. The minimum atomic E-state index is -0.294. The van der Waals surface area contributed by atoms with Crippen molar-refractivity contribution < 1.29 is 5.11 Å². The fourth-order valence-corrected chi connectivity index (χ4v) is 7.30. The number of fused-ring (bicyclic) bond motifs is 1. The van der Waals surface area contributed by atoms with Gasteiger partial charge < -0.3 is 5.11 Å². The lowest BCUT2D eigenvalue weighted by Crippen LogP contribution is -2.17. The highest BCUT2D eigenvalue weighted by Crippen LogP contribution is 2.45. The van der Waals surface area contributed by atoms with Crippen molar-refractivity contribution in [3.8, 4) is 45.2 Å². The molecule has 52 heavy (non-hydrogen) atoms. The maximum Gasteiger partial charge on any atom is 0.165 e. The number of phenols is 1. The Balaban J connectivity index is 1.78. The second-order valence-corrected chi connectivity index (χ2v) is 17.5. The summed E-state index contributed by atoms with van der Waals surface area (Å²) in [6.07, 6.45) is 4.71. The van der Waals surface area contributed by atoms with Gasteiger partial charge in [0.2, 0.25) is 0 Å². The van der Waals surface area contributed by atoms with Crippen LogP contribution in [-0.2, 0) is 17.3 Å². The van der Waals surface area contributed by atoms with E-state index in [1.165, 1.54) is 16.7 Å². The predicted molar refractivity (Wildman–Crippen MR) is 219 cm³/mol. The number of rotatable bonds is 8. The van der Waals surface area contributed by atoms with Crippen LogP contribution >= 0.6 is 0 Å². The summed E-state index contributed by atoms with van der Waals surface area (Å²) in [5, 5.41) is 12.3. The average Bonchev–Trinajstić information content (AvgIpc) is 3.46. The molecule has 0 aliphatic rings. The third kappa shape index (κ3) is 7.15. The Morgan fingerprint density at radius 1 is 0.673 bits per heavy atom. The first-order chi connectivity index (χ1) is 24.5. The fraction of sp³-hybridized carbons (Fsp3) is 0.383. The van der Waals surface area contributed by atoms with E-state index in [9.17, 15) is 5.11 Å². The normalized spacial score (nSPS) is 12.5. The second-order valence-electron chi connectivity index (χ2n) is 17.5. The lowest BCUT2D eigenvalue weighted by molar-refractivity contribution is 0.446. The summed E-state index contributed by atoms with van der Waals surface area (Å²) in [4.78, 5) is 15.4. The van der Waals surface area contributed by atoms with Crippen molar-refractivity contribution in [2.24, 2.45) is 5.92 Å². The summed E-state index contributed by atoms with van der Waals surface area (Å²) >= 11 is 0. The van der Waals surface area contributed by atoms with Crippen molar-refractivity contribution in [1.82, 2.24) is 19.5 Å². The largest absolute Gasteiger partial charge is 0.507 e. The number of aromatic nitrogens is 4. The van der Waals surface area contributed by atoms with Gasteiger partial charge in [-0.2, -0.15) is 0 Å². The Morgan fingerprint density at radius 3 is 1.92 bits per heavy atom. The summed E-state index contributed by atoms with van der Waals surface area (Å²) in [5.41, 5.74) is 12.8. The molecule has 5 heteroatoms. The Labute approximate surface area is 311 Å². The molecule has 0 spiro atoms. The lowest BCUT2D eigenvalue weighted by atomic mass is 9.79. The van der Waals surface area contributed by atoms with E-state index in [-0.39, 0.29) is 28.4 Å². The predicted octanol–water partition coefficient (Wildman–Crippen LogP) is 12.6. The van der Waals surface area contributed by atoms with E-state index in [0.717, 1.165) is 62.3 Å². The van der Waals surface area contributed by atoms with E-state index in [1.54, 1.807) is 0 Å². The van der Waals surface area contributed by atoms with E-state index in [1.807, 2.05) is 24.5 Å². The Hall–Kier alpha value is -4.77. The van der Waals surface area contributed by atoms with Crippen LogP contribution in [0.2, 0.25) is 0 Å². The molecule has 0 bridgehead atoms. The molecule has 6 rings (SSSR count). The standard InChI is InChI=1S/C47H56N4O/c1-28(2)22-31-23-32(25-33(24-31)40-18-13-14-20-48-40)37-19-21-49-45-41(37)50-44(51(45)42-35(29(3)4)16-15-17-36(42)30(5)6)38-26-34(46(7,8)9)27-39(43(38)52)47(10,11)12/h13-21,23-30,52H,22H2,1-12H3. The molecule has 1 N–H and O–H groups in total. The fourth-order valence-electron chi connectivity index (χ4n) is 7.30. The zero-order chi connectivity index (χ0) is 37.7. The first-order valence-corrected chi connectivity index (χ1v) is 18.9. The number of hydrogen-bond acceptors (Lipinski definition) is 4. The third-order valence-electron chi connectivity index (χ3n) is 10.0. The summed E-state index contributed by atoms with van der Waals surface area (Å²) in [5.74, 6) is 1.95. The number of benzene rings is 3. The van der Waals surface area contributed by atoms with Gasteiger partial charge in [0.05, 0.1) is 16.9 Å². The van der Waals surface area contributed by atoms with Gasteiger partial charge in [-0.15, -0.1) is 0 Å². The highest BCUT2D eigenvalue weighted by Gasteiger charge is 2.30. The third-order valence-corrected chi connectivity index (χ3v) is 10.0. The molecule has 5 nitrogen and oxygen atoms in total. The molecule has 6 aromatic rings. The van der Waals surface area contributed by atoms with Crippen LogP contribution in [0.3, 0.4) is 0 Å². The molecule has 0 unspecified atom stereocenters. The van der Waals surface area contributed by atoms with E-state index >= 15 is 0 Å². The van der Waals surface area contributed by atoms with Gasteiger partial charge in [-0.3, -0.25) is 9.55 Å². The number of imidazole rings is 1. The van der Waals surface area contributed by atoms with E-state index < -0.39 is 0 Å². The van der Waals surface area contributed by atoms with Crippen LogP contribution in [0.15, 0.2) is 85.2 Å². The quantitative estimate of drug-likeness (QED) is 0.172. The maximum atomic E-state index is 12.3. The number of para-hydroxylation sites is 1. The van der Waals surface area contributed by atoms with E-state index in [2.05, 4.69) is 148 Å². The molecule has 0 saturated carbocycles. The number of hydrogen-bond donors (Lipinski definition) is 1. The molecule has 0 amide bonds. The van der Waals surface area contributed by atoms with Crippen molar-refractivity contribution in [2.45, 2.75) is 112 Å². The molecule has 0 saturated heterocycles. The summed E-state index contributed by atoms with van der Waals surface area (Å²) in [6, 6.07) is 25.9. The van der Waals surface area contributed by atoms with Crippen LogP contribution < -0.4 is 0 Å². The molecule has 0 fully saturated rings. The average molecular weight is 693 g/mol. The van der Waals surface area contributed by atoms with Gasteiger partial charge >= 0.3 is 0 Å². The zero-order valence-electron chi connectivity index (χ0n) is 33.3. The van der Waals surface area contributed by atoms with Crippen molar-refractivity contribution in [2.75, 3.05) is 0 Å². The minimum absolute atomic E-state index is 0.152. The molecular weight excluding hydrogens is 637 g/mol. The van der Waals surface area contributed by atoms with Crippen LogP contribution in [0.4, 0.5) is 0 Å². The van der Waals surface area contributed by atoms with Gasteiger partial charge in [-0.25, -0.2) is 9.97 Å². The van der Waals surface area contributed by atoms with Crippen molar-refractivity contribution in [3.05, 3.63) is 113 Å². The molecule has 270 valence electrons. The van der Waals surface area contributed by atoms with Crippen molar-refractivity contribution in [1.29, 1.82) is 0 Å². The first kappa shape index (κ1) is 37.0. The van der Waals surface area contributed by atoms with Gasteiger partial charge in [0.15, 0.2) is 11.5 Å². The second kappa shape index (κ2) is 14.0. The maximum absolute atomic E-state index is 12.3. The molecule has 3 aromatic carbocycles.